The van der Waals surface area contributed by atoms with Gasteiger partial charge in [0.2, 0.25) is 11.7 Å². The molecule has 2 aromatic carbocycles. The van der Waals surface area contributed by atoms with Gasteiger partial charge in [0.25, 0.3) is 5.91 Å². The molecule has 14 heteroatoms. The lowest BCUT2D eigenvalue weighted by Crippen LogP contribution is -2.38. The Bertz CT molecular complexity index is 1240. The Morgan fingerprint density at radius 2 is 1.30 bits per heavy atom. The van der Waals surface area contributed by atoms with Crippen LogP contribution in [0.4, 0.5) is 39.5 Å². The van der Waals surface area contributed by atoms with Crippen molar-refractivity contribution in [2.45, 2.75) is 37.3 Å². The molecule has 3 aromatic rings. The molecule has 0 bridgehead atoms. The number of nitrogens with zero attached hydrogens (tertiary/aromatic N) is 3. The van der Waals surface area contributed by atoms with E-state index in [1.807, 2.05) is 0 Å². The first-order valence-corrected chi connectivity index (χ1v) is 10.7. The Morgan fingerprint density at radius 1 is 0.784 bits per heavy atom. The van der Waals surface area contributed by atoms with Crippen molar-refractivity contribution < 1.29 is 48.8 Å². The summed E-state index contributed by atoms with van der Waals surface area (Å²) in [4.78, 5) is 18.1. The summed E-state index contributed by atoms with van der Waals surface area (Å²) in [6.07, 6.45) is -14.2. The van der Waals surface area contributed by atoms with Crippen LogP contribution in [0, 0.1) is 0 Å². The van der Waals surface area contributed by atoms with Crippen molar-refractivity contribution in [1.29, 1.82) is 0 Å². The Balaban J connectivity index is 1.45. The first kappa shape index (κ1) is 26.5. The van der Waals surface area contributed by atoms with Crippen LogP contribution >= 0.6 is 0 Å². The standard InChI is InChI=1S/C23H16F9N3O2/c24-21(25,26)15-3-1-12(2-4-15)18-33-19(37-34-18)13-5-7-35(8-6-13)20(36)14-9-16(22(27,28)29)11-17(10-14)23(30,31)32/h1-4,9-11,13H,5-8H2. The van der Waals surface area contributed by atoms with Gasteiger partial charge in [0.1, 0.15) is 0 Å². The van der Waals surface area contributed by atoms with Crippen molar-refractivity contribution >= 4 is 5.91 Å². The van der Waals surface area contributed by atoms with E-state index in [-0.39, 0.29) is 55.2 Å². The molecule has 1 aliphatic rings. The van der Waals surface area contributed by atoms with E-state index < -0.39 is 46.7 Å². The van der Waals surface area contributed by atoms with Gasteiger partial charge in [0, 0.05) is 30.1 Å². The fraction of sp³-hybridized carbons (Fsp3) is 0.348. The number of carbonyl (C=O) groups excluding carboxylic acids is 1. The molecule has 1 fully saturated rings. The average molecular weight is 537 g/mol. The Labute approximate surface area is 202 Å². The summed E-state index contributed by atoms with van der Waals surface area (Å²) in [7, 11) is 0. The molecule has 0 unspecified atom stereocenters. The van der Waals surface area contributed by atoms with E-state index in [1.165, 1.54) is 12.1 Å². The largest absolute Gasteiger partial charge is 0.416 e. The van der Waals surface area contributed by atoms with Crippen LogP contribution in [0.5, 0.6) is 0 Å². The Hall–Kier alpha value is -3.58. The van der Waals surface area contributed by atoms with Crippen molar-refractivity contribution in [3.63, 3.8) is 0 Å². The lowest BCUT2D eigenvalue weighted by molar-refractivity contribution is -0.143. The van der Waals surface area contributed by atoms with E-state index in [9.17, 15) is 44.3 Å². The maximum absolute atomic E-state index is 13.1. The molecule has 0 saturated carbocycles. The maximum Gasteiger partial charge on any atom is 0.416 e. The summed E-state index contributed by atoms with van der Waals surface area (Å²) in [5.74, 6) is -1.15. The van der Waals surface area contributed by atoms with Crippen LogP contribution in [-0.4, -0.2) is 34.0 Å². The quantitative estimate of drug-likeness (QED) is 0.345. The molecule has 1 amide bonds. The monoisotopic (exact) mass is 537 g/mol. The van der Waals surface area contributed by atoms with Crippen LogP contribution in [0.1, 0.15) is 51.7 Å². The zero-order chi connectivity index (χ0) is 27.2. The number of hydrogen-bond acceptors (Lipinski definition) is 4. The number of amides is 1. The molecular formula is C23H16F9N3O2. The predicted octanol–water partition coefficient (Wildman–Crippen LogP) is 6.81. The van der Waals surface area contributed by atoms with Gasteiger partial charge < -0.3 is 9.42 Å². The highest BCUT2D eigenvalue weighted by atomic mass is 19.4. The average Bonchev–Trinajstić information content (AvgIpc) is 3.32. The lowest BCUT2D eigenvalue weighted by atomic mass is 9.95. The van der Waals surface area contributed by atoms with E-state index in [4.69, 9.17) is 4.52 Å². The number of benzene rings is 2. The van der Waals surface area contributed by atoms with E-state index in [0.29, 0.717) is 12.1 Å². The SMILES string of the molecule is O=C(c1cc(C(F)(F)F)cc(C(F)(F)F)c1)N1CCC(c2nc(-c3ccc(C(F)(F)F)cc3)no2)CC1. The second-order valence-electron chi connectivity index (χ2n) is 8.39. The van der Waals surface area contributed by atoms with Crippen LogP contribution in [0.15, 0.2) is 47.0 Å². The van der Waals surface area contributed by atoms with Gasteiger partial charge in [-0.05, 0) is 43.2 Å². The van der Waals surface area contributed by atoms with Gasteiger partial charge in [-0.3, -0.25) is 4.79 Å². The molecule has 1 aliphatic heterocycles. The molecule has 0 spiro atoms. The number of alkyl halides is 9. The Morgan fingerprint density at radius 3 is 1.78 bits per heavy atom. The van der Waals surface area contributed by atoms with Gasteiger partial charge in [-0.25, -0.2) is 0 Å². The third-order valence-electron chi connectivity index (χ3n) is 5.88. The number of aromatic nitrogens is 2. The molecule has 2 heterocycles. The minimum absolute atomic E-state index is 0.000903. The van der Waals surface area contributed by atoms with Gasteiger partial charge in [0.15, 0.2) is 0 Å². The molecule has 198 valence electrons. The molecule has 4 rings (SSSR count). The van der Waals surface area contributed by atoms with Crippen molar-refractivity contribution in [3.8, 4) is 11.4 Å². The number of rotatable bonds is 3. The number of piperidine rings is 1. The normalized spacial score (nSPS) is 15.8. The fourth-order valence-corrected chi connectivity index (χ4v) is 3.92. The molecule has 0 N–H and O–H groups in total. The summed E-state index contributed by atoms with van der Waals surface area (Å²) in [5, 5.41) is 3.76. The van der Waals surface area contributed by atoms with Gasteiger partial charge in [0.05, 0.1) is 16.7 Å². The Kier molecular flexibility index (Phi) is 6.71. The number of carbonyl (C=O) groups is 1. The van der Waals surface area contributed by atoms with E-state index in [1.54, 1.807) is 0 Å². The van der Waals surface area contributed by atoms with Crippen molar-refractivity contribution in [2.75, 3.05) is 13.1 Å². The molecule has 0 aliphatic carbocycles. The molecule has 5 nitrogen and oxygen atoms in total. The van der Waals surface area contributed by atoms with E-state index in [0.717, 1.165) is 17.0 Å². The maximum atomic E-state index is 13.1. The molecule has 1 aromatic heterocycles. The molecule has 1 saturated heterocycles. The molecule has 0 radical (unpaired) electrons. The van der Waals surface area contributed by atoms with Gasteiger partial charge in [-0.15, -0.1) is 0 Å². The zero-order valence-electron chi connectivity index (χ0n) is 18.5. The van der Waals surface area contributed by atoms with Gasteiger partial charge in [-0.2, -0.15) is 44.5 Å². The smallest absolute Gasteiger partial charge is 0.339 e. The summed E-state index contributed by atoms with van der Waals surface area (Å²) >= 11 is 0. The van der Waals surface area contributed by atoms with Crippen LogP contribution in [-0.2, 0) is 18.5 Å². The third-order valence-corrected chi connectivity index (χ3v) is 5.88. The van der Waals surface area contributed by atoms with Crippen molar-refractivity contribution in [2.24, 2.45) is 0 Å². The highest BCUT2D eigenvalue weighted by Crippen LogP contribution is 2.37. The third kappa shape index (κ3) is 5.88. The van der Waals surface area contributed by atoms with Crippen molar-refractivity contribution in [1.82, 2.24) is 15.0 Å². The lowest BCUT2D eigenvalue weighted by Gasteiger charge is -2.30. The number of halogens is 9. The fourth-order valence-electron chi connectivity index (χ4n) is 3.92. The van der Waals surface area contributed by atoms with E-state index >= 15 is 0 Å². The highest BCUT2D eigenvalue weighted by Gasteiger charge is 2.38. The topological polar surface area (TPSA) is 59.2 Å². The van der Waals surface area contributed by atoms with E-state index in [2.05, 4.69) is 10.1 Å². The van der Waals surface area contributed by atoms with Crippen LogP contribution in [0.2, 0.25) is 0 Å². The number of likely N-dealkylation sites (tertiary alicyclic amines) is 1. The van der Waals surface area contributed by atoms with Crippen LogP contribution in [0.3, 0.4) is 0 Å². The summed E-state index contributed by atoms with van der Waals surface area (Å²) in [5.41, 5.74) is -4.46. The molecule has 0 atom stereocenters. The second-order valence-corrected chi connectivity index (χ2v) is 8.39. The summed E-state index contributed by atoms with van der Waals surface area (Å²) in [6, 6.07) is 4.83. The van der Waals surface area contributed by atoms with Gasteiger partial charge in [-0.1, -0.05) is 17.3 Å². The summed E-state index contributed by atoms with van der Waals surface area (Å²) < 4.78 is 122. The highest BCUT2D eigenvalue weighted by molar-refractivity contribution is 5.94. The number of hydrogen-bond donors (Lipinski definition) is 0. The molecular weight excluding hydrogens is 521 g/mol. The molecule has 37 heavy (non-hydrogen) atoms. The van der Waals surface area contributed by atoms with Crippen molar-refractivity contribution in [3.05, 3.63) is 70.6 Å². The zero-order valence-corrected chi connectivity index (χ0v) is 18.5. The first-order valence-electron chi connectivity index (χ1n) is 10.7. The first-order chi connectivity index (χ1) is 17.1. The second kappa shape index (κ2) is 9.38. The predicted molar refractivity (Wildman–Crippen MR) is 109 cm³/mol. The minimum Gasteiger partial charge on any atom is -0.339 e. The van der Waals surface area contributed by atoms with Gasteiger partial charge >= 0.3 is 18.5 Å². The summed E-state index contributed by atoms with van der Waals surface area (Å²) in [6.45, 7) is -0.00181. The van der Waals surface area contributed by atoms with Crippen LogP contribution in [0.25, 0.3) is 11.4 Å². The minimum atomic E-state index is -5.08. The van der Waals surface area contributed by atoms with Crippen LogP contribution < -0.4 is 0 Å².